The first-order valence-electron chi connectivity index (χ1n) is 9.85. The number of methoxy groups -OCH3 is 1. The molecule has 1 saturated heterocycles. The van der Waals surface area contributed by atoms with E-state index in [9.17, 15) is 9.59 Å². The average Bonchev–Trinajstić information content (AvgIpc) is 3.28. The van der Waals surface area contributed by atoms with Crippen LogP contribution in [0.4, 0.5) is 0 Å². The number of carbonyl (C=O) groups is 1. The molecule has 148 valence electrons. The Morgan fingerprint density at radius 2 is 1.90 bits per heavy atom. The molecule has 0 radical (unpaired) electrons. The first kappa shape index (κ1) is 17.8. The lowest BCUT2D eigenvalue weighted by molar-refractivity contribution is 0.0594. The molecule has 1 amide bonds. The Balaban J connectivity index is 1.43. The molecule has 3 aromatic rings. The average molecular weight is 390 g/mol. The van der Waals surface area contributed by atoms with Crippen molar-refractivity contribution in [3.05, 3.63) is 76.4 Å². The summed E-state index contributed by atoms with van der Waals surface area (Å²) >= 11 is 0. The number of likely N-dealkylation sites (tertiary alicyclic amines) is 1. The Labute approximate surface area is 168 Å². The Hall–Kier alpha value is -3.28. The van der Waals surface area contributed by atoms with Gasteiger partial charge < -0.3 is 18.6 Å². The number of furan rings is 1. The van der Waals surface area contributed by atoms with Crippen LogP contribution in [-0.2, 0) is 6.54 Å². The Morgan fingerprint density at radius 1 is 1.07 bits per heavy atom. The third-order valence-corrected chi connectivity index (χ3v) is 6.02. The van der Waals surface area contributed by atoms with Gasteiger partial charge in [-0.05, 0) is 60.9 Å². The number of amides is 1. The normalized spacial score (nSPS) is 20.2. The molecule has 6 heteroatoms. The van der Waals surface area contributed by atoms with E-state index in [1.807, 2.05) is 39.8 Å². The number of rotatable bonds is 3. The number of benzene rings is 1. The summed E-state index contributed by atoms with van der Waals surface area (Å²) in [4.78, 5) is 28.0. The highest BCUT2D eigenvalue weighted by Gasteiger charge is 2.37. The molecule has 2 aliphatic rings. The number of nitrogens with zero attached hydrogens (tertiary/aromatic N) is 2. The standard InChI is InChI=1S/C23H22N2O4/c1-28-18-6-4-16(5-7-18)22(26)24-12-15-11-17(14-24)20-9-8-19(21-3-2-10-29-21)23(27)25(20)13-15/h2-10,15,17H,11-14H2,1H3/t15-,17-/m1/s1. The number of hydrogen-bond acceptors (Lipinski definition) is 4. The van der Waals surface area contributed by atoms with E-state index in [0.717, 1.165) is 17.9 Å². The molecule has 1 aromatic carbocycles. The van der Waals surface area contributed by atoms with Crippen molar-refractivity contribution in [2.45, 2.75) is 18.9 Å². The van der Waals surface area contributed by atoms with Gasteiger partial charge in [-0.3, -0.25) is 9.59 Å². The lowest BCUT2D eigenvalue weighted by Gasteiger charge is -2.43. The number of fused-ring (bicyclic) bond motifs is 4. The quantitative estimate of drug-likeness (QED) is 0.688. The summed E-state index contributed by atoms with van der Waals surface area (Å²) in [5, 5.41) is 0. The van der Waals surface area contributed by atoms with Gasteiger partial charge in [0.15, 0.2) is 0 Å². The fourth-order valence-electron chi connectivity index (χ4n) is 4.65. The van der Waals surface area contributed by atoms with Crippen molar-refractivity contribution in [1.29, 1.82) is 0 Å². The van der Waals surface area contributed by atoms with Gasteiger partial charge >= 0.3 is 0 Å². The smallest absolute Gasteiger partial charge is 0.261 e. The van der Waals surface area contributed by atoms with Crippen LogP contribution in [0.1, 0.15) is 28.4 Å². The molecule has 6 nitrogen and oxygen atoms in total. The molecule has 2 aromatic heterocycles. The Kier molecular flexibility index (Phi) is 4.27. The molecule has 0 N–H and O–H groups in total. The number of aromatic nitrogens is 1. The van der Waals surface area contributed by atoms with Crippen LogP contribution in [-0.4, -0.2) is 35.6 Å². The number of ether oxygens (including phenoxy) is 1. The monoisotopic (exact) mass is 390 g/mol. The van der Waals surface area contributed by atoms with E-state index in [2.05, 4.69) is 0 Å². The lowest BCUT2D eigenvalue weighted by Crippen LogP contribution is -2.49. The summed E-state index contributed by atoms with van der Waals surface area (Å²) in [5.41, 5.74) is 2.25. The van der Waals surface area contributed by atoms with E-state index in [1.54, 1.807) is 31.6 Å². The first-order chi connectivity index (χ1) is 14.1. The van der Waals surface area contributed by atoms with Crippen molar-refractivity contribution >= 4 is 5.91 Å². The van der Waals surface area contributed by atoms with Gasteiger partial charge in [0.1, 0.15) is 11.5 Å². The van der Waals surface area contributed by atoms with Gasteiger partial charge in [0, 0.05) is 36.8 Å². The van der Waals surface area contributed by atoms with Crippen molar-refractivity contribution in [3.8, 4) is 17.1 Å². The molecular formula is C23H22N2O4. The van der Waals surface area contributed by atoms with Gasteiger partial charge in [0.25, 0.3) is 11.5 Å². The van der Waals surface area contributed by atoms with Crippen molar-refractivity contribution in [2.75, 3.05) is 20.2 Å². The first-order valence-corrected chi connectivity index (χ1v) is 9.85. The molecule has 1 fully saturated rings. The predicted molar refractivity (Wildman–Crippen MR) is 108 cm³/mol. The molecule has 0 aliphatic carbocycles. The van der Waals surface area contributed by atoms with Crippen LogP contribution in [0.15, 0.2) is 64.0 Å². The van der Waals surface area contributed by atoms with Crippen LogP contribution >= 0.6 is 0 Å². The molecule has 2 bridgehead atoms. The van der Waals surface area contributed by atoms with Crippen LogP contribution in [0.3, 0.4) is 0 Å². The molecule has 2 atom stereocenters. The minimum Gasteiger partial charge on any atom is -0.497 e. The molecule has 4 heterocycles. The van der Waals surface area contributed by atoms with E-state index >= 15 is 0 Å². The second kappa shape index (κ2) is 6.95. The van der Waals surface area contributed by atoms with Crippen molar-refractivity contribution < 1.29 is 13.9 Å². The molecule has 29 heavy (non-hydrogen) atoms. The van der Waals surface area contributed by atoms with E-state index in [4.69, 9.17) is 9.15 Å². The van der Waals surface area contributed by atoms with Crippen LogP contribution in [0.2, 0.25) is 0 Å². The van der Waals surface area contributed by atoms with Gasteiger partial charge in [-0.1, -0.05) is 0 Å². The molecule has 0 saturated carbocycles. The number of piperidine rings is 1. The van der Waals surface area contributed by atoms with E-state index in [1.165, 1.54) is 0 Å². The Bertz CT molecular complexity index is 1100. The summed E-state index contributed by atoms with van der Waals surface area (Å²) in [6.45, 7) is 1.92. The van der Waals surface area contributed by atoms with Crippen molar-refractivity contribution in [2.24, 2.45) is 5.92 Å². The number of hydrogen-bond donors (Lipinski definition) is 0. The van der Waals surface area contributed by atoms with Crippen molar-refractivity contribution in [3.63, 3.8) is 0 Å². The highest BCUT2D eigenvalue weighted by atomic mass is 16.5. The summed E-state index contributed by atoms with van der Waals surface area (Å²) in [6.07, 6.45) is 2.59. The van der Waals surface area contributed by atoms with Crippen LogP contribution < -0.4 is 10.3 Å². The van der Waals surface area contributed by atoms with Gasteiger partial charge in [0.2, 0.25) is 0 Å². The zero-order valence-corrected chi connectivity index (χ0v) is 16.2. The molecule has 0 spiro atoms. The second-order valence-corrected chi connectivity index (χ2v) is 7.80. The Morgan fingerprint density at radius 3 is 2.62 bits per heavy atom. The summed E-state index contributed by atoms with van der Waals surface area (Å²) in [7, 11) is 1.61. The largest absolute Gasteiger partial charge is 0.497 e. The minimum absolute atomic E-state index is 0.0120. The molecule has 5 rings (SSSR count). The summed E-state index contributed by atoms with van der Waals surface area (Å²) < 4.78 is 12.5. The molecule has 2 aliphatic heterocycles. The van der Waals surface area contributed by atoms with Gasteiger partial charge in [-0.2, -0.15) is 0 Å². The number of pyridine rings is 1. The van der Waals surface area contributed by atoms with Gasteiger partial charge in [0.05, 0.1) is 18.9 Å². The maximum absolute atomic E-state index is 13.1. The predicted octanol–water partition coefficient (Wildman–Crippen LogP) is 3.38. The second-order valence-electron chi connectivity index (χ2n) is 7.80. The van der Waals surface area contributed by atoms with Gasteiger partial charge in [-0.15, -0.1) is 0 Å². The fraction of sp³-hybridized carbons (Fsp3) is 0.304. The minimum atomic E-state index is -0.0120. The SMILES string of the molecule is COc1ccc(C(=O)N2C[C@H]3C[C@H](C2)c2ccc(-c4ccco4)c(=O)n2C3)cc1. The van der Waals surface area contributed by atoms with E-state index < -0.39 is 0 Å². The van der Waals surface area contributed by atoms with E-state index in [0.29, 0.717) is 36.5 Å². The zero-order chi connectivity index (χ0) is 20.0. The third-order valence-electron chi connectivity index (χ3n) is 6.02. The zero-order valence-electron chi connectivity index (χ0n) is 16.2. The highest BCUT2D eigenvalue weighted by Crippen LogP contribution is 2.36. The number of carbonyl (C=O) groups excluding carboxylic acids is 1. The maximum Gasteiger partial charge on any atom is 0.261 e. The fourth-order valence-corrected chi connectivity index (χ4v) is 4.65. The summed E-state index contributed by atoms with van der Waals surface area (Å²) in [5.74, 6) is 1.80. The van der Waals surface area contributed by atoms with Crippen LogP contribution in [0.5, 0.6) is 5.75 Å². The summed E-state index contributed by atoms with van der Waals surface area (Å²) in [6, 6.07) is 14.7. The lowest BCUT2D eigenvalue weighted by atomic mass is 9.82. The molecule has 0 unspecified atom stereocenters. The topological polar surface area (TPSA) is 64.7 Å². The maximum atomic E-state index is 13.1. The van der Waals surface area contributed by atoms with Crippen molar-refractivity contribution in [1.82, 2.24) is 9.47 Å². The molecular weight excluding hydrogens is 368 g/mol. The van der Waals surface area contributed by atoms with E-state index in [-0.39, 0.29) is 23.3 Å². The van der Waals surface area contributed by atoms with Crippen LogP contribution in [0, 0.1) is 5.92 Å². The highest BCUT2D eigenvalue weighted by molar-refractivity contribution is 5.94. The van der Waals surface area contributed by atoms with Crippen LogP contribution in [0.25, 0.3) is 11.3 Å². The van der Waals surface area contributed by atoms with Gasteiger partial charge in [-0.25, -0.2) is 0 Å². The third kappa shape index (κ3) is 3.05.